The summed E-state index contributed by atoms with van der Waals surface area (Å²) in [6.07, 6.45) is -2.77. The van der Waals surface area contributed by atoms with Crippen LogP contribution in [0.4, 0.5) is 27.9 Å². The van der Waals surface area contributed by atoms with Crippen molar-refractivity contribution in [3.63, 3.8) is 0 Å². The first-order valence-electron chi connectivity index (χ1n) is 12.4. The van der Waals surface area contributed by atoms with Crippen molar-refractivity contribution in [1.29, 1.82) is 0 Å². The summed E-state index contributed by atoms with van der Waals surface area (Å²) in [7, 11) is 1.29. The Labute approximate surface area is 218 Å². The van der Waals surface area contributed by atoms with Gasteiger partial charge >= 0.3 is 0 Å². The number of anilines is 1. The van der Waals surface area contributed by atoms with Crippen LogP contribution in [0.25, 0.3) is 27.7 Å². The van der Waals surface area contributed by atoms with Crippen LogP contribution in [0, 0.1) is 5.82 Å². The van der Waals surface area contributed by atoms with E-state index in [0.717, 1.165) is 9.20 Å². The van der Waals surface area contributed by atoms with Crippen LogP contribution in [-0.2, 0) is 4.74 Å². The number of nitrogens with two attached hydrogens (primary N) is 1. The highest BCUT2D eigenvalue weighted by molar-refractivity contribution is 5.90. The number of aromatic nitrogens is 6. The Morgan fingerprint density at radius 2 is 2.00 bits per heavy atom. The van der Waals surface area contributed by atoms with Crippen molar-refractivity contribution in [3.8, 4) is 17.0 Å². The molecule has 1 aromatic carbocycles. The molecule has 2 aliphatic rings. The maximum absolute atomic E-state index is 16.5. The third-order valence-corrected chi connectivity index (χ3v) is 7.54. The molecule has 0 amide bonds. The van der Waals surface area contributed by atoms with E-state index < -0.39 is 36.7 Å². The van der Waals surface area contributed by atoms with Gasteiger partial charge in [0.1, 0.15) is 17.1 Å². The van der Waals surface area contributed by atoms with Gasteiger partial charge in [0.2, 0.25) is 11.8 Å². The maximum Gasteiger partial charge on any atom is 0.268 e. The Morgan fingerprint density at radius 3 is 2.64 bits per heavy atom. The molecule has 0 radical (unpaired) electrons. The molecule has 0 saturated carbocycles. The van der Waals surface area contributed by atoms with Crippen LogP contribution in [0.2, 0.25) is 0 Å². The second kappa shape index (κ2) is 9.26. The fourth-order valence-electron chi connectivity index (χ4n) is 5.39. The van der Waals surface area contributed by atoms with E-state index >= 15 is 13.2 Å². The van der Waals surface area contributed by atoms with Gasteiger partial charge in [-0.1, -0.05) is 11.3 Å². The van der Waals surface area contributed by atoms with Crippen LogP contribution in [0.5, 0.6) is 5.88 Å². The molecule has 39 heavy (non-hydrogen) atoms. The van der Waals surface area contributed by atoms with Crippen molar-refractivity contribution in [1.82, 2.24) is 34.5 Å². The molecule has 2 aliphatic heterocycles. The van der Waals surface area contributed by atoms with E-state index in [1.165, 1.54) is 32.2 Å². The first-order chi connectivity index (χ1) is 18.6. The molecule has 10 nitrogen and oxygen atoms in total. The molecule has 0 bridgehead atoms. The molecule has 208 valence electrons. The Balaban J connectivity index is 1.54. The molecule has 5 heterocycles. The van der Waals surface area contributed by atoms with Gasteiger partial charge in [-0.05, 0) is 37.6 Å². The number of alkyl halides is 4. The van der Waals surface area contributed by atoms with E-state index in [1.54, 1.807) is 4.90 Å². The summed E-state index contributed by atoms with van der Waals surface area (Å²) in [5.74, 6) is -6.18. The summed E-state index contributed by atoms with van der Waals surface area (Å²) in [4.78, 5) is 5.69. The minimum atomic E-state index is -3.30. The number of likely N-dealkylation sites (tertiary alicyclic amines) is 1. The van der Waals surface area contributed by atoms with Crippen LogP contribution in [0.1, 0.15) is 31.0 Å². The van der Waals surface area contributed by atoms with Gasteiger partial charge in [-0.2, -0.15) is 4.98 Å². The number of ether oxygens (including phenoxy) is 2. The van der Waals surface area contributed by atoms with Gasteiger partial charge in [0, 0.05) is 0 Å². The average molecular weight is 553 g/mol. The van der Waals surface area contributed by atoms with E-state index in [-0.39, 0.29) is 52.1 Å². The number of rotatable bonds is 6. The topological polar surface area (TPSA) is 109 Å². The van der Waals surface area contributed by atoms with E-state index in [1.807, 2.05) is 0 Å². The van der Waals surface area contributed by atoms with E-state index in [9.17, 15) is 8.78 Å². The number of piperidine rings is 1. The van der Waals surface area contributed by atoms with Gasteiger partial charge in [-0.15, -0.1) is 10.2 Å². The third-order valence-electron chi connectivity index (χ3n) is 7.54. The average Bonchev–Trinajstić information content (AvgIpc) is 3.39. The van der Waals surface area contributed by atoms with Crippen LogP contribution < -0.4 is 10.5 Å². The summed E-state index contributed by atoms with van der Waals surface area (Å²) in [5, 5.41) is 11.8. The summed E-state index contributed by atoms with van der Waals surface area (Å²) < 4.78 is 87.3. The zero-order valence-corrected chi connectivity index (χ0v) is 21.0. The molecule has 15 heteroatoms. The molecule has 2 N–H and O–H groups in total. The van der Waals surface area contributed by atoms with Crippen molar-refractivity contribution in [2.24, 2.45) is 0 Å². The monoisotopic (exact) mass is 552 g/mol. The highest BCUT2D eigenvalue weighted by Gasteiger charge is 2.50. The molecule has 2 fully saturated rings. The molecule has 4 aromatic rings. The predicted octanol–water partition coefficient (Wildman–Crippen LogP) is 3.52. The highest BCUT2D eigenvalue weighted by Crippen LogP contribution is 2.47. The van der Waals surface area contributed by atoms with E-state index in [2.05, 4.69) is 20.4 Å². The molecule has 0 spiro atoms. The SMILES string of the molecule is COc1nc(N)nn2c([C@H]3CCN(C4COC4)CC3(F)F)c(F)c(-c3ccc4nnn([C@H](C)C(F)F)c4c3)c12. The van der Waals surface area contributed by atoms with E-state index in [4.69, 9.17) is 15.2 Å². The smallest absolute Gasteiger partial charge is 0.268 e. The second-order valence-electron chi connectivity index (χ2n) is 9.89. The van der Waals surface area contributed by atoms with Gasteiger partial charge in [0.05, 0.1) is 55.6 Å². The quantitative estimate of drug-likeness (QED) is 0.362. The molecule has 6 rings (SSSR count). The van der Waals surface area contributed by atoms with Gasteiger partial charge in [0.25, 0.3) is 12.3 Å². The number of benzene rings is 1. The van der Waals surface area contributed by atoms with Crippen molar-refractivity contribution in [2.45, 2.75) is 43.7 Å². The number of nitrogens with zero attached hydrogens (tertiary/aromatic N) is 7. The number of fused-ring (bicyclic) bond motifs is 2. The molecular weight excluding hydrogens is 527 g/mol. The number of methoxy groups -OCH3 is 1. The molecule has 0 unspecified atom stereocenters. The summed E-state index contributed by atoms with van der Waals surface area (Å²) in [6, 6.07) is 3.03. The zero-order valence-electron chi connectivity index (χ0n) is 21.0. The normalized spacial score (nSPS) is 21.1. The Hall–Kier alpha value is -3.59. The number of hydrogen-bond donors (Lipinski definition) is 1. The summed E-state index contributed by atoms with van der Waals surface area (Å²) in [6.45, 7) is 1.80. The molecule has 2 saturated heterocycles. The lowest BCUT2D eigenvalue weighted by Gasteiger charge is -2.44. The maximum atomic E-state index is 16.5. The number of halogens is 5. The van der Waals surface area contributed by atoms with Gasteiger partial charge in [-0.25, -0.2) is 31.1 Å². The van der Waals surface area contributed by atoms with Crippen molar-refractivity contribution in [3.05, 3.63) is 29.7 Å². The largest absolute Gasteiger partial charge is 0.479 e. The van der Waals surface area contributed by atoms with Gasteiger partial charge in [-0.3, -0.25) is 4.90 Å². The Bertz CT molecular complexity index is 1550. The van der Waals surface area contributed by atoms with Gasteiger partial charge in [0.15, 0.2) is 5.82 Å². The lowest BCUT2D eigenvalue weighted by atomic mass is 9.88. The van der Waals surface area contributed by atoms with Crippen molar-refractivity contribution < 1.29 is 31.4 Å². The molecule has 2 atom stereocenters. The summed E-state index contributed by atoms with van der Waals surface area (Å²) in [5.41, 5.74) is 6.10. The first-order valence-corrected chi connectivity index (χ1v) is 12.4. The summed E-state index contributed by atoms with van der Waals surface area (Å²) >= 11 is 0. The number of hydrogen-bond acceptors (Lipinski definition) is 8. The lowest BCUT2D eigenvalue weighted by Crippen LogP contribution is -2.57. The zero-order chi connectivity index (χ0) is 27.6. The lowest BCUT2D eigenvalue weighted by molar-refractivity contribution is -0.137. The molecular formula is C24H25F5N8O2. The van der Waals surface area contributed by atoms with E-state index in [0.29, 0.717) is 25.3 Å². The third kappa shape index (κ3) is 4.06. The first kappa shape index (κ1) is 25.7. The Morgan fingerprint density at radius 1 is 1.23 bits per heavy atom. The minimum absolute atomic E-state index is 0.00916. The second-order valence-corrected chi connectivity index (χ2v) is 9.89. The fourth-order valence-corrected chi connectivity index (χ4v) is 5.39. The van der Waals surface area contributed by atoms with Crippen LogP contribution in [0.3, 0.4) is 0 Å². The van der Waals surface area contributed by atoms with Crippen LogP contribution in [0.15, 0.2) is 18.2 Å². The highest BCUT2D eigenvalue weighted by atomic mass is 19.3. The minimum Gasteiger partial charge on any atom is -0.479 e. The molecule has 0 aliphatic carbocycles. The fraction of sp³-hybridized carbons (Fsp3) is 0.500. The molecule has 3 aromatic heterocycles. The Kier molecular flexibility index (Phi) is 6.10. The number of nitrogen functional groups attached to an aromatic ring is 1. The van der Waals surface area contributed by atoms with Crippen LogP contribution in [-0.4, -0.2) is 86.3 Å². The van der Waals surface area contributed by atoms with Gasteiger partial charge < -0.3 is 15.2 Å². The predicted molar refractivity (Wildman–Crippen MR) is 130 cm³/mol. The van der Waals surface area contributed by atoms with Crippen LogP contribution >= 0.6 is 0 Å². The van der Waals surface area contributed by atoms with Crippen molar-refractivity contribution in [2.75, 3.05) is 39.1 Å². The standard InChI is InChI=1S/C24H25F5N8O2/c1-11(21(26)27)36-16-7-12(3-4-15(16)32-34-36)17-18(25)19(37-20(17)22(38-2)31-23(30)33-37)14-5-6-35(10-24(14,28)29)13-8-39-9-13/h3-4,7,11,13-14,21H,5-6,8-10H2,1-2H3,(H2,30,33)/t11-,14-/m1/s1. The van der Waals surface area contributed by atoms with Crippen molar-refractivity contribution >= 4 is 22.5 Å².